The molecule has 0 aromatic rings. The van der Waals surface area contributed by atoms with Gasteiger partial charge in [-0.25, -0.2) is 8.42 Å². The Kier molecular flexibility index (Phi) is 3.29. The summed E-state index contributed by atoms with van der Waals surface area (Å²) in [6.07, 6.45) is 3.41. The van der Waals surface area contributed by atoms with Gasteiger partial charge >= 0.3 is 0 Å². The lowest BCUT2D eigenvalue weighted by atomic mass is 10.1. The van der Waals surface area contributed by atoms with E-state index >= 15 is 0 Å². The highest BCUT2D eigenvalue weighted by atomic mass is 32.2. The van der Waals surface area contributed by atoms with Gasteiger partial charge in [0.1, 0.15) is 0 Å². The van der Waals surface area contributed by atoms with Crippen molar-refractivity contribution in [2.24, 2.45) is 5.92 Å². The molecule has 2 aliphatic heterocycles. The number of nitrogens with zero attached hydrogens (tertiary/aromatic N) is 2. The van der Waals surface area contributed by atoms with Crippen LogP contribution in [0.1, 0.15) is 26.7 Å². The van der Waals surface area contributed by atoms with Crippen molar-refractivity contribution in [2.75, 3.05) is 25.9 Å². The number of hydrogen-bond acceptors (Lipinski definition) is 3. The Bertz CT molecular complexity index is 339. The first kappa shape index (κ1) is 12.3. The van der Waals surface area contributed by atoms with Crippen molar-refractivity contribution in [3.05, 3.63) is 0 Å². The molecule has 2 unspecified atom stereocenters. The third-order valence-electron chi connectivity index (χ3n) is 3.50. The van der Waals surface area contributed by atoms with Crippen molar-refractivity contribution < 1.29 is 8.42 Å². The first-order valence-electron chi connectivity index (χ1n) is 6.09. The minimum Gasteiger partial charge on any atom is -0.300 e. The summed E-state index contributed by atoms with van der Waals surface area (Å²) in [7, 11) is -3.01. The SMILES string of the molecule is CC(C)CN1CC2CCC(C1)N2S(C)(=O)=O. The zero-order valence-electron chi connectivity index (χ0n) is 10.4. The van der Waals surface area contributed by atoms with Gasteiger partial charge in [-0.05, 0) is 18.8 Å². The summed E-state index contributed by atoms with van der Waals surface area (Å²) < 4.78 is 25.1. The van der Waals surface area contributed by atoms with Crippen LogP contribution in [0, 0.1) is 5.92 Å². The number of fused-ring (bicyclic) bond motifs is 2. The zero-order chi connectivity index (χ0) is 11.9. The van der Waals surface area contributed by atoms with E-state index < -0.39 is 10.0 Å². The second-order valence-corrected chi connectivity index (χ2v) is 7.48. The van der Waals surface area contributed by atoms with Crippen molar-refractivity contribution in [3.8, 4) is 0 Å². The van der Waals surface area contributed by atoms with E-state index in [2.05, 4.69) is 18.7 Å². The summed E-state index contributed by atoms with van der Waals surface area (Å²) >= 11 is 0. The van der Waals surface area contributed by atoms with Crippen molar-refractivity contribution >= 4 is 10.0 Å². The van der Waals surface area contributed by atoms with Crippen LogP contribution >= 0.6 is 0 Å². The van der Waals surface area contributed by atoms with Crippen LogP contribution in [-0.2, 0) is 10.0 Å². The molecule has 0 aromatic heterocycles. The minimum atomic E-state index is -3.01. The molecule has 16 heavy (non-hydrogen) atoms. The van der Waals surface area contributed by atoms with Crippen LogP contribution in [0.3, 0.4) is 0 Å². The van der Waals surface area contributed by atoms with Crippen LogP contribution in [0.2, 0.25) is 0 Å². The Balaban J connectivity index is 2.07. The first-order valence-corrected chi connectivity index (χ1v) is 7.93. The molecule has 2 saturated heterocycles. The Morgan fingerprint density at radius 3 is 2.06 bits per heavy atom. The summed E-state index contributed by atoms with van der Waals surface area (Å²) in [5, 5.41) is 0. The summed E-state index contributed by atoms with van der Waals surface area (Å²) in [4.78, 5) is 2.43. The van der Waals surface area contributed by atoms with Gasteiger partial charge in [-0.15, -0.1) is 0 Å². The Morgan fingerprint density at radius 1 is 1.19 bits per heavy atom. The van der Waals surface area contributed by atoms with Crippen molar-refractivity contribution in [1.82, 2.24) is 9.21 Å². The van der Waals surface area contributed by atoms with Gasteiger partial charge in [-0.2, -0.15) is 4.31 Å². The largest absolute Gasteiger partial charge is 0.300 e. The predicted molar refractivity (Wildman–Crippen MR) is 64.8 cm³/mol. The molecule has 2 bridgehead atoms. The molecular weight excluding hydrogens is 224 g/mol. The Labute approximate surface area is 98.7 Å². The molecular formula is C11H22N2O2S. The second-order valence-electron chi connectivity index (χ2n) is 5.59. The van der Waals surface area contributed by atoms with Gasteiger partial charge in [-0.1, -0.05) is 13.8 Å². The Hall–Kier alpha value is -0.130. The summed E-state index contributed by atoms with van der Waals surface area (Å²) in [6, 6.07) is 0.458. The zero-order valence-corrected chi connectivity index (χ0v) is 11.2. The fourth-order valence-corrected chi connectivity index (χ4v) is 4.59. The van der Waals surface area contributed by atoms with E-state index in [1.165, 1.54) is 6.26 Å². The third kappa shape index (κ3) is 2.41. The highest BCUT2D eigenvalue weighted by Crippen LogP contribution is 2.32. The van der Waals surface area contributed by atoms with E-state index in [1.54, 1.807) is 4.31 Å². The predicted octanol–water partition coefficient (Wildman–Crippen LogP) is 0.751. The maximum atomic E-state index is 11.7. The molecule has 2 aliphatic rings. The molecule has 94 valence electrons. The number of piperazine rings is 1. The summed E-state index contributed by atoms with van der Waals surface area (Å²) in [5.41, 5.74) is 0. The van der Waals surface area contributed by atoms with Crippen LogP contribution < -0.4 is 0 Å². The van der Waals surface area contributed by atoms with Gasteiger partial charge in [-0.3, -0.25) is 4.90 Å². The van der Waals surface area contributed by atoms with Gasteiger partial charge in [0.25, 0.3) is 0 Å². The van der Waals surface area contributed by atoms with Crippen LogP contribution in [0.4, 0.5) is 0 Å². The van der Waals surface area contributed by atoms with E-state index in [9.17, 15) is 8.42 Å². The van der Waals surface area contributed by atoms with Gasteiger partial charge in [0.05, 0.1) is 6.26 Å². The fraction of sp³-hybridized carbons (Fsp3) is 1.00. The molecule has 5 heteroatoms. The topological polar surface area (TPSA) is 40.6 Å². The van der Waals surface area contributed by atoms with Crippen LogP contribution in [0.5, 0.6) is 0 Å². The lowest BCUT2D eigenvalue weighted by Gasteiger charge is -2.40. The summed E-state index contributed by atoms with van der Waals surface area (Å²) in [6.45, 7) is 7.35. The van der Waals surface area contributed by atoms with Crippen LogP contribution in [0.15, 0.2) is 0 Å². The monoisotopic (exact) mass is 246 g/mol. The molecule has 2 rings (SSSR count). The highest BCUT2D eigenvalue weighted by Gasteiger charge is 2.44. The van der Waals surface area contributed by atoms with E-state index in [4.69, 9.17) is 0 Å². The molecule has 2 heterocycles. The molecule has 0 aromatic carbocycles. The molecule has 2 atom stereocenters. The van der Waals surface area contributed by atoms with Gasteiger partial charge < -0.3 is 0 Å². The average molecular weight is 246 g/mol. The van der Waals surface area contributed by atoms with E-state index in [-0.39, 0.29) is 12.1 Å². The second kappa shape index (κ2) is 4.27. The highest BCUT2D eigenvalue weighted by molar-refractivity contribution is 7.88. The molecule has 0 spiro atoms. The number of sulfonamides is 1. The lowest BCUT2D eigenvalue weighted by molar-refractivity contribution is 0.119. The van der Waals surface area contributed by atoms with Gasteiger partial charge in [0, 0.05) is 31.7 Å². The fourth-order valence-electron chi connectivity index (χ4n) is 3.16. The third-order valence-corrected chi connectivity index (χ3v) is 4.86. The molecule has 0 radical (unpaired) electrons. The smallest absolute Gasteiger partial charge is 0.211 e. The average Bonchev–Trinajstić information content (AvgIpc) is 2.37. The van der Waals surface area contributed by atoms with E-state index in [0.717, 1.165) is 32.5 Å². The van der Waals surface area contributed by atoms with Crippen molar-refractivity contribution in [3.63, 3.8) is 0 Å². The normalized spacial score (nSPS) is 32.5. The minimum absolute atomic E-state index is 0.229. The van der Waals surface area contributed by atoms with E-state index in [1.807, 2.05) is 0 Å². The van der Waals surface area contributed by atoms with Crippen molar-refractivity contribution in [2.45, 2.75) is 38.8 Å². The molecule has 0 N–H and O–H groups in total. The van der Waals surface area contributed by atoms with Gasteiger partial charge in [0.2, 0.25) is 10.0 Å². The number of rotatable bonds is 3. The van der Waals surface area contributed by atoms with Crippen LogP contribution in [0.25, 0.3) is 0 Å². The molecule has 0 aliphatic carbocycles. The first-order chi connectivity index (χ1) is 7.38. The molecule has 0 amide bonds. The lowest BCUT2D eigenvalue weighted by Crippen LogP contribution is -2.55. The van der Waals surface area contributed by atoms with Crippen LogP contribution in [-0.4, -0.2) is 55.6 Å². The maximum Gasteiger partial charge on any atom is 0.211 e. The standard InChI is InChI=1S/C11H22N2O2S/c1-9(2)6-12-7-10-4-5-11(8-12)13(10)16(3,14)15/h9-11H,4-8H2,1-3H3. The number of likely N-dealkylation sites (tertiary alicyclic amines) is 1. The molecule has 0 saturated carbocycles. The van der Waals surface area contributed by atoms with E-state index in [0.29, 0.717) is 5.92 Å². The molecule has 2 fully saturated rings. The van der Waals surface area contributed by atoms with Gasteiger partial charge in [0.15, 0.2) is 0 Å². The maximum absolute atomic E-state index is 11.7. The number of hydrogen-bond donors (Lipinski definition) is 0. The Morgan fingerprint density at radius 2 is 1.69 bits per heavy atom. The van der Waals surface area contributed by atoms with Crippen molar-refractivity contribution in [1.29, 1.82) is 0 Å². The quantitative estimate of drug-likeness (QED) is 0.738. The summed E-state index contributed by atoms with van der Waals surface area (Å²) in [5.74, 6) is 0.657. The molecule has 4 nitrogen and oxygen atoms in total.